The summed E-state index contributed by atoms with van der Waals surface area (Å²) in [5, 5.41) is 2.00. The summed E-state index contributed by atoms with van der Waals surface area (Å²) in [6, 6.07) is 1.95. The highest BCUT2D eigenvalue weighted by Gasteiger charge is 2.00. The quantitative estimate of drug-likeness (QED) is 0.729. The smallest absolute Gasteiger partial charge is 0.114 e. The molecule has 0 atom stereocenters. The highest BCUT2D eigenvalue weighted by molar-refractivity contribution is 7.81. The van der Waals surface area contributed by atoms with Crippen LogP contribution >= 0.6 is 23.6 Å². The molecule has 0 aromatic carbocycles. The summed E-state index contributed by atoms with van der Waals surface area (Å²) in [6.45, 7) is 0.624. The zero-order valence-electron chi connectivity index (χ0n) is 6.16. The zero-order chi connectivity index (χ0) is 8.27. The molecule has 0 amide bonds. The fourth-order valence-corrected chi connectivity index (χ4v) is 1.70. The molecular formula is C7H9NOS2. The van der Waals surface area contributed by atoms with Gasteiger partial charge in [-0.1, -0.05) is 12.2 Å². The van der Waals surface area contributed by atoms with E-state index in [1.54, 1.807) is 18.4 Å². The van der Waals surface area contributed by atoms with Crippen molar-refractivity contribution >= 4 is 28.5 Å². The molecular weight excluding hydrogens is 178 g/mol. The number of thiocarbonyl (C=S) groups is 1. The molecule has 1 heterocycles. The summed E-state index contributed by atoms with van der Waals surface area (Å²) in [7, 11) is 1.66. The van der Waals surface area contributed by atoms with Gasteiger partial charge in [-0.15, -0.1) is 11.3 Å². The Kier molecular flexibility index (Phi) is 2.99. The van der Waals surface area contributed by atoms with E-state index in [1.807, 2.05) is 11.4 Å². The van der Waals surface area contributed by atoms with Gasteiger partial charge in [-0.25, -0.2) is 0 Å². The predicted molar refractivity (Wildman–Crippen MR) is 50.9 cm³/mol. The van der Waals surface area contributed by atoms with Crippen molar-refractivity contribution in [3.8, 4) is 0 Å². The van der Waals surface area contributed by atoms with Crippen molar-refractivity contribution in [1.82, 2.24) is 0 Å². The molecule has 0 saturated heterocycles. The molecule has 0 aliphatic heterocycles. The Hall–Kier alpha value is -0.450. The minimum Gasteiger partial charge on any atom is -0.389 e. The lowest BCUT2D eigenvalue weighted by molar-refractivity contribution is 0.185. The van der Waals surface area contributed by atoms with E-state index in [0.717, 1.165) is 10.4 Å². The van der Waals surface area contributed by atoms with Crippen molar-refractivity contribution in [2.24, 2.45) is 5.73 Å². The molecule has 1 aromatic heterocycles. The summed E-state index contributed by atoms with van der Waals surface area (Å²) in [5.41, 5.74) is 6.55. The number of hydrogen-bond donors (Lipinski definition) is 1. The summed E-state index contributed by atoms with van der Waals surface area (Å²) in [5.74, 6) is 0. The fraction of sp³-hybridized carbons (Fsp3) is 0.286. The van der Waals surface area contributed by atoms with Crippen LogP contribution in [-0.4, -0.2) is 12.1 Å². The lowest BCUT2D eigenvalue weighted by Crippen LogP contribution is -2.06. The average molecular weight is 187 g/mol. The molecule has 11 heavy (non-hydrogen) atoms. The largest absolute Gasteiger partial charge is 0.389 e. The van der Waals surface area contributed by atoms with Gasteiger partial charge in [0.2, 0.25) is 0 Å². The monoisotopic (exact) mass is 187 g/mol. The van der Waals surface area contributed by atoms with E-state index in [-0.39, 0.29) is 0 Å². The minimum absolute atomic E-state index is 0.456. The summed E-state index contributed by atoms with van der Waals surface area (Å²) in [6.07, 6.45) is 0. The molecule has 1 rings (SSSR count). The van der Waals surface area contributed by atoms with Gasteiger partial charge in [0.15, 0.2) is 0 Å². The molecule has 0 radical (unpaired) electrons. The van der Waals surface area contributed by atoms with Crippen molar-refractivity contribution in [1.29, 1.82) is 0 Å². The van der Waals surface area contributed by atoms with E-state index in [4.69, 9.17) is 22.7 Å². The van der Waals surface area contributed by atoms with Crippen molar-refractivity contribution in [3.63, 3.8) is 0 Å². The SMILES string of the molecule is COCc1csc(C(N)=S)c1. The molecule has 0 unspecified atom stereocenters. The van der Waals surface area contributed by atoms with E-state index in [0.29, 0.717) is 11.6 Å². The van der Waals surface area contributed by atoms with Crippen molar-refractivity contribution in [2.75, 3.05) is 7.11 Å². The maximum atomic E-state index is 5.42. The Labute approximate surface area is 75.0 Å². The topological polar surface area (TPSA) is 35.2 Å². The number of ether oxygens (including phenoxy) is 1. The molecule has 1 aromatic rings. The fourth-order valence-electron chi connectivity index (χ4n) is 0.747. The lowest BCUT2D eigenvalue weighted by Gasteiger charge is -1.91. The molecule has 4 heteroatoms. The first-order valence-corrected chi connectivity index (χ1v) is 4.39. The number of methoxy groups -OCH3 is 1. The first-order chi connectivity index (χ1) is 5.24. The molecule has 2 nitrogen and oxygen atoms in total. The van der Waals surface area contributed by atoms with Crippen LogP contribution in [0.3, 0.4) is 0 Å². The van der Waals surface area contributed by atoms with Crippen LogP contribution in [0.5, 0.6) is 0 Å². The van der Waals surface area contributed by atoms with Crippen LogP contribution in [-0.2, 0) is 11.3 Å². The van der Waals surface area contributed by atoms with Crippen LogP contribution in [0.2, 0.25) is 0 Å². The van der Waals surface area contributed by atoms with E-state index < -0.39 is 0 Å². The van der Waals surface area contributed by atoms with Gasteiger partial charge in [0, 0.05) is 7.11 Å². The Morgan fingerprint density at radius 3 is 3.00 bits per heavy atom. The summed E-state index contributed by atoms with van der Waals surface area (Å²) >= 11 is 6.36. The summed E-state index contributed by atoms with van der Waals surface area (Å²) in [4.78, 5) is 1.41. The molecule has 0 aliphatic rings. The van der Waals surface area contributed by atoms with Crippen molar-refractivity contribution in [2.45, 2.75) is 6.61 Å². The predicted octanol–water partition coefficient (Wildman–Crippen LogP) is 1.53. The number of thiophene rings is 1. The normalized spacial score (nSPS) is 9.91. The molecule has 0 spiro atoms. The first kappa shape index (κ1) is 8.64. The molecule has 0 saturated carbocycles. The van der Waals surface area contributed by atoms with Gasteiger partial charge in [-0.2, -0.15) is 0 Å². The van der Waals surface area contributed by atoms with Crippen LogP contribution in [0.15, 0.2) is 11.4 Å². The average Bonchev–Trinajstić information content (AvgIpc) is 2.37. The van der Waals surface area contributed by atoms with Gasteiger partial charge >= 0.3 is 0 Å². The third kappa shape index (κ3) is 2.25. The van der Waals surface area contributed by atoms with Crippen molar-refractivity contribution < 1.29 is 4.74 Å². The molecule has 0 aliphatic carbocycles. The van der Waals surface area contributed by atoms with Gasteiger partial charge in [-0.3, -0.25) is 0 Å². The number of rotatable bonds is 3. The third-order valence-corrected chi connectivity index (χ3v) is 2.57. The Morgan fingerprint density at radius 1 is 1.82 bits per heavy atom. The molecule has 2 N–H and O–H groups in total. The van der Waals surface area contributed by atoms with Crippen LogP contribution in [0, 0.1) is 0 Å². The van der Waals surface area contributed by atoms with Crippen LogP contribution in [0.4, 0.5) is 0 Å². The number of hydrogen-bond acceptors (Lipinski definition) is 3. The standard InChI is InChI=1S/C7H9NOS2/c1-9-3-5-2-6(7(8)10)11-4-5/h2,4H,3H2,1H3,(H2,8,10). The Bertz CT molecular complexity index is 257. The Morgan fingerprint density at radius 2 is 2.55 bits per heavy atom. The van der Waals surface area contributed by atoms with Crippen LogP contribution in [0.1, 0.15) is 10.4 Å². The molecule has 0 bridgehead atoms. The summed E-state index contributed by atoms with van der Waals surface area (Å²) < 4.78 is 4.94. The maximum absolute atomic E-state index is 5.42. The molecule has 60 valence electrons. The lowest BCUT2D eigenvalue weighted by atomic mass is 10.3. The highest BCUT2D eigenvalue weighted by Crippen LogP contribution is 2.14. The van der Waals surface area contributed by atoms with E-state index in [2.05, 4.69) is 0 Å². The Balaban J connectivity index is 2.73. The van der Waals surface area contributed by atoms with Gasteiger partial charge in [0.1, 0.15) is 4.99 Å². The van der Waals surface area contributed by atoms with Crippen LogP contribution < -0.4 is 5.73 Å². The second-order valence-electron chi connectivity index (χ2n) is 2.12. The third-order valence-electron chi connectivity index (χ3n) is 1.21. The maximum Gasteiger partial charge on any atom is 0.114 e. The first-order valence-electron chi connectivity index (χ1n) is 3.10. The van der Waals surface area contributed by atoms with E-state index in [1.165, 1.54) is 0 Å². The van der Waals surface area contributed by atoms with Gasteiger partial charge in [0.05, 0.1) is 11.5 Å². The van der Waals surface area contributed by atoms with Gasteiger partial charge in [0.25, 0.3) is 0 Å². The highest BCUT2D eigenvalue weighted by atomic mass is 32.1. The van der Waals surface area contributed by atoms with Crippen LogP contribution in [0.25, 0.3) is 0 Å². The molecule has 0 fully saturated rings. The second kappa shape index (κ2) is 3.80. The van der Waals surface area contributed by atoms with E-state index in [9.17, 15) is 0 Å². The number of nitrogens with two attached hydrogens (primary N) is 1. The van der Waals surface area contributed by atoms with Gasteiger partial charge in [-0.05, 0) is 17.0 Å². The van der Waals surface area contributed by atoms with Gasteiger partial charge < -0.3 is 10.5 Å². The van der Waals surface area contributed by atoms with E-state index >= 15 is 0 Å². The minimum atomic E-state index is 0.456. The second-order valence-corrected chi connectivity index (χ2v) is 3.47. The van der Waals surface area contributed by atoms with Crippen molar-refractivity contribution in [3.05, 3.63) is 21.9 Å². The zero-order valence-corrected chi connectivity index (χ0v) is 7.80.